The van der Waals surface area contributed by atoms with Crippen molar-refractivity contribution in [2.24, 2.45) is 0 Å². The molecule has 1 saturated heterocycles. The molecule has 164 valence electrons. The number of likely N-dealkylation sites (tertiary alicyclic amines) is 1. The summed E-state index contributed by atoms with van der Waals surface area (Å²) in [4.78, 5) is 27.2. The van der Waals surface area contributed by atoms with Crippen molar-refractivity contribution in [1.82, 2.24) is 4.90 Å². The minimum atomic E-state index is -0.744. The van der Waals surface area contributed by atoms with Gasteiger partial charge in [-0.1, -0.05) is 12.1 Å². The number of ether oxygens (including phenoxy) is 3. The largest absolute Gasteiger partial charge is 0.507 e. The highest BCUT2D eigenvalue weighted by Gasteiger charge is 2.45. The van der Waals surface area contributed by atoms with Gasteiger partial charge in [0.2, 0.25) is 0 Å². The van der Waals surface area contributed by atoms with Crippen LogP contribution in [0.4, 0.5) is 0 Å². The van der Waals surface area contributed by atoms with E-state index in [9.17, 15) is 14.7 Å². The van der Waals surface area contributed by atoms with Crippen LogP contribution in [0, 0.1) is 0 Å². The van der Waals surface area contributed by atoms with Crippen molar-refractivity contribution < 1.29 is 28.9 Å². The molecule has 0 bridgehead atoms. The topological polar surface area (TPSA) is 85.3 Å². The maximum atomic E-state index is 12.9. The second kappa shape index (κ2) is 9.98. The molecule has 0 spiro atoms. The first-order chi connectivity index (χ1) is 14.9. The van der Waals surface area contributed by atoms with Crippen LogP contribution in [-0.2, 0) is 14.3 Å². The van der Waals surface area contributed by atoms with Crippen LogP contribution in [0.3, 0.4) is 0 Å². The van der Waals surface area contributed by atoms with Gasteiger partial charge in [-0.2, -0.15) is 0 Å². The molecule has 8 heteroatoms. The van der Waals surface area contributed by atoms with E-state index in [0.29, 0.717) is 33.7 Å². The molecule has 1 fully saturated rings. The zero-order valence-corrected chi connectivity index (χ0v) is 19.1. The Morgan fingerprint density at radius 1 is 1.13 bits per heavy atom. The quantitative estimate of drug-likeness (QED) is 0.343. The van der Waals surface area contributed by atoms with E-state index in [1.54, 1.807) is 42.5 Å². The van der Waals surface area contributed by atoms with E-state index in [1.807, 2.05) is 6.92 Å². The van der Waals surface area contributed by atoms with Crippen molar-refractivity contribution in [3.05, 3.63) is 63.6 Å². The molecule has 7 nitrogen and oxygen atoms in total. The van der Waals surface area contributed by atoms with Crippen LogP contribution in [0.1, 0.15) is 24.1 Å². The molecule has 0 saturated carbocycles. The van der Waals surface area contributed by atoms with Gasteiger partial charge in [0.25, 0.3) is 11.7 Å². The number of carbonyl (C=O) groups is 2. The maximum absolute atomic E-state index is 12.9. The van der Waals surface area contributed by atoms with Crippen molar-refractivity contribution in [2.75, 3.05) is 34.0 Å². The Morgan fingerprint density at radius 3 is 2.42 bits per heavy atom. The number of aliphatic hydroxyl groups excluding tert-OH is 1. The van der Waals surface area contributed by atoms with E-state index in [2.05, 4.69) is 15.9 Å². The van der Waals surface area contributed by atoms with Gasteiger partial charge in [-0.25, -0.2) is 0 Å². The predicted octanol–water partition coefficient (Wildman–Crippen LogP) is 3.92. The summed E-state index contributed by atoms with van der Waals surface area (Å²) in [5, 5.41) is 11.1. The molecule has 0 aromatic heterocycles. The Hall–Kier alpha value is -2.84. The van der Waals surface area contributed by atoms with Gasteiger partial charge in [-0.15, -0.1) is 0 Å². The molecule has 1 heterocycles. The average Bonchev–Trinajstić information content (AvgIpc) is 3.02. The van der Waals surface area contributed by atoms with Crippen LogP contribution < -0.4 is 9.47 Å². The number of halogens is 1. The number of Topliss-reactive ketones (excluding diaryl/α,β-unsaturated/α-hetero) is 1. The normalized spacial score (nSPS) is 17.8. The Bertz CT molecular complexity index is 1000. The van der Waals surface area contributed by atoms with Gasteiger partial charge in [0.15, 0.2) is 0 Å². The number of carbonyl (C=O) groups excluding carboxylic acids is 2. The molecule has 2 aromatic rings. The molecule has 0 aliphatic carbocycles. The molecule has 31 heavy (non-hydrogen) atoms. The number of nitrogens with zero attached hydrogens (tertiary/aromatic N) is 1. The first-order valence-electron chi connectivity index (χ1n) is 9.76. The van der Waals surface area contributed by atoms with Crippen LogP contribution >= 0.6 is 15.9 Å². The summed E-state index contributed by atoms with van der Waals surface area (Å²) in [6.07, 6.45) is 0. The minimum absolute atomic E-state index is 0.0299. The fourth-order valence-corrected chi connectivity index (χ4v) is 4.07. The molecule has 1 aliphatic rings. The fraction of sp³-hybridized carbons (Fsp3) is 0.304. The lowest BCUT2D eigenvalue weighted by molar-refractivity contribution is -0.140. The van der Waals surface area contributed by atoms with E-state index >= 15 is 0 Å². The number of rotatable bonds is 8. The van der Waals surface area contributed by atoms with E-state index in [4.69, 9.17) is 14.2 Å². The van der Waals surface area contributed by atoms with Crippen molar-refractivity contribution in [3.63, 3.8) is 0 Å². The van der Waals surface area contributed by atoms with E-state index in [0.717, 1.165) is 0 Å². The highest BCUT2D eigenvalue weighted by Crippen LogP contribution is 2.40. The number of benzene rings is 2. The second-order valence-electron chi connectivity index (χ2n) is 6.84. The summed E-state index contributed by atoms with van der Waals surface area (Å²) >= 11 is 3.39. The van der Waals surface area contributed by atoms with Crippen LogP contribution in [0.5, 0.6) is 11.5 Å². The SMILES string of the molecule is CCOc1ccc(C2/C(=C(/O)c3ccc(OC)c(Br)c3)C(=O)C(=O)N2CCOC)cc1. The monoisotopic (exact) mass is 489 g/mol. The van der Waals surface area contributed by atoms with Crippen molar-refractivity contribution >= 4 is 33.4 Å². The van der Waals surface area contributed by atoms with Gasteiger partial charge in [0.05, 0.1) is 36.4 Å². The minimum Gasteiger partial charge on any atom is -0.507 e. The highest BCUT2D eigenvalue weighted by molar-refractivity contribution is 9.10. The Balaban J connectivity index is 2.12. The Kier molecular flexibility index (Phi) is 7.35. The molecule has 1 unspecified atom stereocenters. The molecule has 0 radical (unpaired) electrons. The van der Waals surface area contributed by atoms with Gasteiger partial charge in [-0.05, 0) is 58.7 Å². The van der Waals surface area contributed by atoms with Gasteiger partial charge >= 0.3 is 0 Å². The summed E-state index contributed by atoms with van der Waals surface area (Å²) < 4.78 is 16.5. The summed E-state index contributed by atoms with van der Waals surface area (Å²) in [6.45, 7) is 2.88. The molecule has 3 rings (SSSR count). The fourth-order valence-electron chi connectivity index (χ4n) is 3.53. The number of amides is 1. The molecule has 1 N–H and O–H groups in total. The van der Waals surface area contributed by atoms with Gasteiger partial charge in [0.1, 0.15) is 17.3 Å². The first-order valence-corrected chi connectivity index (χ1v) is 10.6. The number of ketones is 1. The van der Waals surface area contributed by atoms with E-state index < -0.39 is 17.7 Å². The van der Waals surface area contributed by atoms with Gasteiger partial charge in [-0.3, -0.25) is 9.59 Å². The van der Waals surface area contributed by atoms with Gasteiger partial charge in [0, 0.05) is 19.2 Å². The predicted molar refractivity (Wildman–Crippen MR) is 119 cm³/mol. The number of hydrogen-bond acceptors (Lipinski definition) is 6. The molecule has 2 aromatic carbocycles. The summed E-state index contributed by atoms with van der Waals surface area (Å²) in [7, 11) is 3.06. The summed E-state index contributed by atoms with van der Waals surface area (Å²) in [5.74, 6) is -0.399. The molecule has 1 atom stereocenters. The number of aliphatic hydroxyl groups is 1. The molecule has 1 amide bonds. The second-order valence-corrected chi connectivity index (χ2v) is 7.69. The van der Waals surface area contributed by atoms with Crippen LogP contribution in [-0.4, -0.2) is 55.7 Å². The molecule has 1 aliphatic heterocycles. The highest BCUT2D eigenvalue weighted by atomic mass is 79.9. The summed E-state index contributed by atoms with van der Waals surface area (Å²) in [5.41, 5.74) is 1.11. The molecular weight excluding hydrogens is 466 g/mol. The average molecular weight is 490 g/mol. The lowest BCUT2D eigenvalue weighted by atomic mass is 9.95. The third kappa shape index (κ3) is 4.60. The van der Waals surface area contributed by atoms with Crippen LogP contribution in [0.15, 0.2) is 52.5 Å². The van der Waals surface area contributed by atoms with Crippen molar-refractivity contribution in [3.8, 4) is 11.5 Å². The van der Waals surface area contributed by atoms with E-state index in [-0.39, 0.29) is 24.5 Å². The van der Waals surface area contributed by atoms with Crippen LogP contribution in [0.2, 0.25) is 0 Å². The first kappa shape index (κ1) is 22.8. The summed E-state index contributed by atoms with van der Waals surface area (Å²) in [6, 6.07) is 11.3. The third-order valence-corrected chi connectivity index (χ3v) is 5.63. The number of methoxy groups -OCH3 is 2. The van der Waals surface area contributed by atoms with E-state index in [1.165, 1.54) is 19.1 Å². The number of hydrogen-bond donors (Lipinski definition) is 1. The van der Waals surface area contributed by atoms with Crippen molar-refractivity contribution in [1.29, 1.82) is 0 Å². The van der Waals surface area contributed by atoms with Crippen molar-refractivity contribution in [2.45, 2.75) is 13.0 Å². The lowest BCUT2D eigenvalue weighted by Gasteiger charge is -2.25. The Morgan fingerprint density at radius 2 is 1.84 bits per heavy atom. The van der Waals surface area contributed by atoms with Gasteiger partial charge < -0.3 is 24.2 Å². The Labute approximate surface area is 189 Å². The third-order valence-electron chi connectivity index (χ3n) is 5.01. The maximum Gasteiger partial charge on any atom is 0.295 e. The zero-order chi connectivity index (χ0) is 22.5. The zero-order valence-electron chi connectivity index (χ0n) is 17.6. The molecular formula is C23H24BrNO6. The smallest absolute Gasteiger partial charge is 0.295 e. The standard InChI is InChI=1S/C23H24BrNO6/c1-4-31-16-8-5-14(6-9-16)20-19(22(27)23(28)25(20)11-12-29-2)21(26)15-7-10-18(30-3)17(24)13-15/h5-10,13,20,26H,4,11-12H2,1-3H3/b21-19-. The lowest BCUT2D eigenvalue weighted by Crippen LogP contribution is -2.32. The van der Waals surface area contributed by atoms with Crippen LogP contribution in [0.25, 0.3) is 5.76 Å².